The van der Waals surface area contributed by atoms with E-state index in [0.29, 0.717) is 5.71 Å². The van der Waals surface area contributed by atoms with Crippen molar-refractivity contribution in [2.24, 2.45) is 4.99 Å². The molecule has 1 aliphatic rings. The van der Waals surface area contributed by atoms with Crippen molar-refractivity contribution >= 4 is 49.1 Å². The van der Waals surface area contributed by atoms with E-state index in [9.17, 15) is 13.6 Å². The van der Waals surface area contributed by atoms with Crippen LogP contribution in [-0.2, 0) is 21.2 Å². The predicted molar refractivity (Wildman–Crippen MR) is 122 cm³/mol. The van der Waals surface area contributed by atoms with Crippen LogP contribution < -0.4 is 0 Å². The Kier molecular flexibility index (Phi) is 6.69. The lowest BCUT2D eigenvalue weighted by atomic mass is 10.1. The molecule has 0 fully saturated rings. The van der Waals surface area contributed by atoms with E-state index in [1.807, 2.05) is 24.3 Å². The molecule has 0 saturated carbocycles. The lowest BCUT2D eigenvalue weighted by molar-refractivity contribution is -0.115. The molecule has 3 rings (SSSR count). The summed E-state index contributed by atoms with van der Waals surface area (Å²) in [6.07, 6.45) is 7.01. The van der Waals surface area contributed by atoms with Gasteiger partial charge in [0.1, 0.15) is 5.03 Å². The second-order valence-electron chi connectivity index (χ2n) is 6.60. The molecule has 8 heteroatoms. The van der Waals surface area contributed by atoms with Crippen LogP contribution in [0, 0.1) is 0 Å². The Morgan fingerprint density at radius 1 is 1.21 bits per heavy atom. The van der Waals surface area contributed by atoms with E-state index in [4.69, 9.17) is 0 Å². The second kappa shape index (κ2) is 9.04. The summed E-state index contributed by atoms with van der Waals surface area (Å²) in [5, 5.41) is 1.93. The van der Waals surface area contributed by atoms with Gasteiger partial charge in [-0.2, -0.15) is 0 Å². The summed E-state index contributed by atoms with van der Waals surface area (Å²) in [6.45, 7) is 2.07. The molecule has 6 nitrogen and oxygen atoms in total. The SMILES string of the molecule is CCc1cc2ccccc2nc1SCC(=O)N=C1C=CC(=S(=O)(O)N(C)C)C=C1. The number of pyridine rings is 1. The zero-order valence-electron chi connectivity index (χ0n) is 16.5. The number of rotatable bonds is 5. The average molecular weight is 430 g/mol. The van der Waals surface area contributed by atoms with Gasteiger partial charge in [0.25, 0.3) is 5.91 Å². The Balaban J connectivity index is 1.72. The molecule has 1 atom stereocenters. The topological polar surface area (TPSA) is 82.9 Å². The molecule has 0 aliphatic heterocycles. The highest BCUT2D eigenvalue weighted by Crippen LogP contribution is 2.25. The molecule has 29 heavy (non-hydrogen) atoms. The molecule has 152 valence electrons. The van der Waals surface area contributed by atoms with Gasteiger partial charge in [0, 0.05) is 19.5 Å². The molecule has 0 spiro atoms. The number of hydrogen-bond donors (Lipinski definition) is 1. The summed E-state index contributed by atoms with van der Waals surface area (Å²) in [5.41, 5.74) is 2.46. The van der Waals surface area contributed by atoms with Crippen LogP contribution in [0.15, 0.2) is 64.7 Å². The van der Waals surface area contributed by atoms with Crippen LogP contribution in [0.25, 0.3) is 10.9 Å². The van der Waals surface area contributed by atoms with E-state index < -0.39 is 9.99 Å². The van der Waals surface area contributed by atoms with Crippen LogP contribution in [0.1, 0.15) is 12.5 Å². The van der Waals surface area contributed by atoms with Crippen molar-refractivity contribution in [2.75, 3.05) is 19.8 Å². The molecule has 1 heterocycles. The minimum atomic E-state index is -3.25. The molecule has 1 aliphatic carbocycles. The third-order valence-corrected chi connectivity index (χ3v) is 7.26. The number of aromatic nitrogens is 1. The van der Waals surface area contributed by atoms with E-state index >= 15 is 0 Å². The standard InChI is InChI=1S/C21H23N3O3S2/c1-4-15-13-16-7-5-6-8-19(16)23-21(15)28-14-20(25)22-17-9-11-18(12-10-17)29(26,27)24(2)3/h5-13H,4,14H2,1-3H3,(H,26,27). The van der Waals surface area contributed by atoms with Gasteiger partial charge in [-0.25, -0.2) is 18.5 Å². The largest absolute Gasteiger partial charge is 0.302 e. The molecule has 2 aromatic rings. The predicted octanol–water partition coefficient (Wildman–Crippen LogP) is 3.39. The number of hydrogen-bond acceptors (Lipinski definition) is 4. The van der Waals surface area contributed by atoms with Crippen LogP contribution in [0.4, 0.5) is 0 Å². The van der Waals surface area contributed by atoms with Crippen LogP contribution >= 0.6 is 11.8 Å². The molecule has 1 amide bonds. The number of para-hydroxylation sites is 1. The molecule has 0 bridgehead atoms. The number of fused-ring (bicyclic) bond motifs is 1. The highest BCUT2D eigenvalue weighted by atomic mass is 32.2. The van der Waals surface area contributed by atoms with E-state index in [1.165, 1.54) is 42.3 Å². The fourth-order valence-electron chi connectivity index (χ4n) is 2.74. The third kappa shape index (κ3) is 5.02. The number of amides is 1. The van der Waals surface area contributed by atoms with Gasteiger partial charge in [-0.05, 0) is 48.4 Å². The molecule has 0 radical (unpaired) electrons. The number of aryl methyl sites for hydroxylation is 1. The van der Waals surface area contributed by atoms with Gasteiger partial charge in [-0.3, -0.25) is 4.79 Å². The van der Waals surface area contributed by atoms with Crippen molar-refractivity contribution in [3.8, 4) is 0 Å². The Morgan fingerprint density at radius 2 is 1.90 bits per heavy atom. The maximum Gasteiger partial charge on any atom is 0.256 e. The number of nitrogens with zero attached hydrogens (tertiary/aromatic N) is 3. The van der Waals surface area contributed by atoms with Gasteiger partial charge in [-0.15, -0.1) is 0 Å². The summed E-state index contributed by atoms with van der Waals surface area (Å²) in [5.74, 6) is -0.105. The second-order valence-corrected chi connectivity index (χ2v) is 9.76. The van der Waals surface area contributed by atoms with Gasteiger partial charge in [0.2, 0.25) is 0 Å². The normalized spacial score (nSPS) is 15.8. The van der Waals surface area contributed by atoms with Gasteiger partial charge in [-0.1, -0.05) is 36.9 Å². The highest BCUT2D eigenvalue weighted by Gasteiger charge is 2.14. The van der Waals surface area contributed by atoms with Gasteiger partial charge in [0.15, 0.2) is 9.99 Å². The minimum Gasteiger partial charge on any atom is -0.302 e. The Hall–Kier alpha value is -2.26. The van der Waals surface area contributed by atoms with Crippen molar-refractivity contribution in [1.82, 2.24) is 9.29 Å². The third-order valence-electron chi connectivity index (χ3n) is 4.37. The monoisotopic (exact) mass is 429 g/mol. The van der Waals surface area contributed by atoms with E-state index in [2.05, 4.69) is 23.0 Å². The first-order valence-electron chi connectivity index (χ1n) is 9.11. The highest BCUT2D eigenvalue weighted by molar-refractivity contribution is 8.00. The van der Waals surface area contributed by atoms with E-state index in [0.717, 1.165) is 27.9 Å². The zero-order valence-corrected chi connectivity index (χ0v) is 18.2. The fraction of sp³-hybridized carbons (Fsp3) is 0.238. The van der Waals surface area contributed by atoms with E-state index in [-0.39, 0.29) is 16.5 Å². The van der Waals surface area contributed by atoms with Crippen LogP contribution in [0.2, 0.25) is 0 Å². The van der Waals surface area contributed by atoms with Crippen molar-refractivity contribution < 1.29 is 13.6 Å². The minimum absolute atomic E-state index is 0.175. The fourth-order valence-corrected chi connectivity index (χ4v) is 4.52. The summed E-state index contributed by atoms with van der Waals surface area (Å²) < 4.78 is 23.5. The van der Waals surface area contributed by atoms with Crippen molar-refractivity contribution in [3.05, 3.63) is 60.2 Å². The van der Waals surface area contributed by atoms with E-state index in [1.54, 1.807) is 12.2 Å². The first kappa shape index (κ1) is 21.4. The van der Waals surface area contributed by atoms with Crippen molar-refractivity contribution in [1.29, 1.82) is 0 Å². The quantitative estimate of drug-likeness (QED) is 0.582. The number of benzene rings is 1. The molecule has 1 aromatic heterocycles. The van der Waals surface area contributed by atoms with Gasteiger partial charge >= 0.3 is 0 Å². The van der Waals surface area contributed by atoms with Crippen LogP contribution in [-0.4, -0.2) is 54.4 Å². The first-order valence-corrected chi connectivity index (χ1v) is 11.6. The molecular formula is C21H23N3O3S2. The maximum absolute atomic E-state index is 12.3. The molecule has 0 saturated heterocycles. The van der Waals surface area contributed by atoms with Crippen LogP contribution in [0.3, 0.4) is 0 Å². The zero-order chi connectivity index (χ0) is 21.0. The van der Waals surface area contributed by atoms with Gasteiger partial charge < -0.3 is 4.55 Å². The number of thioether (sulfide) groups is 1. The molecular weight excluding hydrogens is 406 g/mol. The smallest absolute Gasteiger partial charge is 0.256 e. The number of aliphatic imine (C=N–C) groups is 1. The summed E-state index contributed by atoms with van der Waals surface area (Å²) in [7, 11) is -0.181. The summed E-state index contributed by atoms with van der Waals surface area (Å²) in [6, 6.07) is 10.0. The van der Waals surface area contributed by atoms with Crippen molar-refractivity contribution in [2.45, 2.75) is 18.4 Å². The Morgan fingerprint density at radius 3 is 2.55 bits per heavy atom. The molecule has 1 aromatic carbocycles. The Bertz CT molecular complexity index is 1140. The lowest BCUT2D eigenvalue weighted by Gasteiger charge is -2.15. The lowest BCUT2D eigenvalue weighted by Crippen LogP contribution is -2.27. The maximum atomic E-state index is 12.3. The number of allylic oxidation sites excluding steroid dienone is 4. The molecule has 1 unspecified atom stereocenters. The number of carbonyl (C=O) groups is 1. The molecule has 1 N–H and O–H groups in total. The van der Waals surface area contributed by atoms with Crippen molar-refractivity contribution in [3.63, 3.8) is 0 Å². The van der Waals surface area contributed by atoms with Crippen LogP contribution in [0.5, 0.6) is 0 Å². The average Bonchev–Trinajstić information content (AvgIpc) is 2.71. The summed E-state index contributed by atoms with van der Waals surface area (Å²) >= 11 is 1.38. The first-order chi connectivity index (χ1) is 13.8. The number of carbonyl (C=O) groups excluding carboxylic acids is 1. The van der Waals surface area contributed by atoms with Gasteiger partial charge in [0.05, 0.1) is 21.8 Å². The Labute approximate surface area is 175 Å². The summed E-state index contributed by atoms with van der Waals surface area (Å²) in [4.78, 5) is 21.4.